The van der Waals surface area contributed by atoms with Gasteiger partial charge in [-0.2, -0.15) is 0 Å². The smallest absolute Gasteiger partial charge is 0.0399 e. The summed E-state index contributed by atoms with van der Waals surface area (Å²) in [5.74, 6) is 1.24. The van der Waals surface area contributed by atoms with Crippen molar-refractivity contribution in [3.63, 3.8) is 0 Å². The van der Waals surface area contributed by atoms with Gasteiger partial charge in [0.15, 0.2) is 0 Å². The van der Waals surface area contributed by atoms with Gasteiger partial charge in [0.1, 0.15) is 0 Å². The average molecular weight is 289 g/mol. The van der Waals surface area contributed by atoms with Crippen LogP contribution in [0.5, 0.6) is 0 Å². The third-order valence-electron chi connectivity index (χ3n) is 2.77. The maximum Gasteiger partial charge on any atom is 0.0399 e. The molecule has 0 unspecified atom stereocenters. The molecule has 0 heterocycles. The molecule has 0 aliphatic rings. The second kappa shape index (κ2) is 9.48. The van der Waals surface area contributed by atoms with E-state index in [1.165, 1.54) is 11.3 Å². The van der Waals surface area contributed by atoms with E-state index in [4.69, 9.17) is 23.2 Å². The first kappa shape index (κ1) is 15.6. The van der Waals surface area contributed by atoms with Crippen molar-refractivity contribution in [3.8, 4) is 0 Å². The molecule has 0 spiro atoms. The van der Waals surface area contributed by atoms with Crippen LogP contribution in [-0.2, 0) is 6.54 Å². The lowest BCUT2D eigenvalue weighted by atomic mass is 10.2. The Morgan fingerprint density at radius 2 is 1.67 bits per heavy atom. The Kier molecular flexibility index (Phi) is 8.23. The quantitative estimate of drug-likeness (QED) is 0.553. The molecule has 0 aromatic heterocycles. The van der Waals surface area contributed by atoms with Crippen LogP contribution in [0.15, 0.2) is 24.3 Å². The van der Waals surface area contributed by atoms with E-state index in [0.29, 0.717) is 11.8 Å². The number of nitrogens with zero attached hydrogens (tertiary/aromatic N) is 1. The fourth-order valence-electron chi connectivity index (χ4n) is 1.81. The summed E-state index contributed by atoms with van der Waals surface area (Å²) in [6, 6.07) is 8.60. The van der Waals surface area contributed by atoms with Crippen molar-refractivity contribution in [2.75, 3.05) is 36.3 Å². The van der Waals surface area contributed by atoms with Crippen LogP contribution in [-0.4, -0.2) is 31.4 Å². The Hall–Kier alpha value is -0.440. The van der Waals surface area contributed by atoms with Gasteiger partial charge in [-0.3, -0.25) is 0 Å². The number of nitrogens with one attached hydrogen (secondary N) is 1. The van der Waals surface area contributed by atoms with Gasteiger partial charge in [0.25, 0.3) is 0 Å². The molecule has 0 saturated carbocycles. The molecule has 2 nitrogen and oxygen atoms in total. The molecule has 18 heavy (non-hydrogen) atoms. The van der Waals surface area contributed by atoms with Gasteiger partial charge in [0.05, 0.1) is 0 Å². The van der Waals surface area contributed by atoms with E-state index in [0.717, 1.165) is 32.6 Å². The molecule has 1 rings (SSSR count). The third kappa shape index (κ3) is 5.47. The van der Waals surface area contributed by atoms with E-state index in [2.05, 4.69) is 41.4 Å². The Balaban J connectivity index is 2.56. The van der Waals surface area contributed by atoms with Gasteiger partial charge in [-0.15, -0.1) is 23.2 Å². The fraction of sp³-hybridized carbons (Fsp3) is 0.571. The minimum atomic E-state index is 0.622. The van der Waals surface area contributed by atoms with Crippen LogP contribution in [0, 0.1) is 0 Å². The van der Waals surface area contributed by atoms with Crippen molar-refractivity contribution in [2.24, 2.45) is 0 Å². The van der Waals surface area contributed by atoms with E-state index in [-0.39, 0.29) is 0 Å². The second-order valence-corrected chi connectivity index (χ2v) is 4.96. The molecule has 0 fully saturated rings. The van der Waals surface area contributed by atoms with E-state index in [9.17, 15) is 0 Å². The van der Waals surface area contributed by atoms with E-state index in [1.54, 1.807) is 0 Å². The molecule has 0 atom stereocenters. The number of hydrogen-bond acceptors (Lipinski definition) is 2. The molecule has 0 saturated heterocycles. The Morgan fingerprint density at radius 1 is 1.06 bits per heavy atom. The zero-order valence-electron chi connectivity index (χ0n) is 11.0. The monoisotopic (exact) mass is 288 g/mol. The molecule has 102 valence electrons. The zero-order chi connectivity index (χ0) is 13.2. The summed E-state index contributed by atoms with van der Waals surface area (Å²) in [5, 5.41) is 3.39. The molecule has 4 heteroatoms. The Bertz CT molecular complexity index is 308. The molecule has 0 amide bonds. The first-order valence-electron chi connectivity index (χ1n) is 6.48. The highest BCUT2D eigenvalue weighted by Crippen LogP contribution is 2.15. The predicted octanol–water partition coefficient (Wildman–Crippen LogP) is 3.47. The van der Waals surface area contributed by atoms with Crippen molar-refractivity contribution in [1.82, 2.24) is 5.32 Å². The SMILES string of the molecule is CCCNCc1ccc(N(CCCl)CCCl)cc1. The summed E-state index contributed by atoms with van der Waals surface area (Å²) in [7, 11) is 0. The second-order valence-electron chi connectivity index (χ2n) is 4.21. The minimum absolute atomic E-state index is 0.622. The van der Waals surface area contributed by atoms with Crippen LogP contribution in [0.4, 0.5) is 5.69 Å². The first-order valence-corrected chi connectivity index (χ1v) is 7.55. The topological polar surface area (TPSA) is 15.3 Å². The van der Waals surface area contributed by atoms with Crippen molar-refractivity contribution < 1.29 is 0 Å². The van der Waals surface area contributed by atoms with Crippen molar-refractivity contribution in [3.05, 3.63) is 29.8 Å². The Morgan fingerprint density at radius 3 is 2.17 bits per heavy atom. The van der Waals surface area contributed by atoms with Gasteiger partial charge in [0.2, 0.25) is 0 Å². The maximum absolute atomic E-state index is 5.80. The number of hydrogen-bond donors (Lipinski definition) is 1. The van der Waals surface area contributed by atoms with Gasteiger partial charge in [0, 0.05) is 37.1 Å². The van der Waals surface area contributed by atoms with Crippen LogP contribution >= 0.6 is 23.2 Å². The lowest BCUT2D eigenvalue weighted by Crippen LogP contribution is -2.27. The summed E-state index contributed by atoms with van der Waals surface area (Å²) in [6.45, 7) is 5.83. The number of alkyl halides is 2. The summed E-state index contributed by atoms with van der Waals surface area (Å²) >= 11 is 11.6. The van der Waals surface area contributed by atoms with Gasteiger partial charge < -0.3 is 10.2 Å². The molecule has 0 bridgehead atoms. The van der Waals surface area contributed by atoms with Crippen LogP contribution in [0.25, 0.3) is 0 Å². The number of rotatable bonds is 9. The lowest BCUT2D eigenvalue weighted by molar-refractivity contribution is 0.675. The highest BCUT2D eigenvalue weighted by Gasteiger charge is 2.04. The highest BCUT2D eigenvalue weighted by molar-refractivity contribution is 6.18. The van der Waals surface area contributed by atoms with Gasteiger partial charge in [-0.25, -0.2) is 0 Å². The van der Waals surface area contributed by atoms with Gasteiger partial charge in [-0.1, -0.05) is 19.1 Å². The average Bonchev–Trinajstić information content (AvgIpc) is 2.40. The highest BCUT2D eigenvalue weighted by atomic mass is 35.5. The third-order valence-corrected chi connectivity index (χ3v) is 3.10. The molecule has 1 aromatic carbocycles. The minimum Gasteiger partial charge on any atom is -0.369 e. The maximum atomic E-state index is 5.80. The summed E-state index contributed by atoms with van der Waals surface area (Å²) in [6.07, 6.45) is 1.16. The van der Waals surface area contributed by atoms with Crippen LogP contribution in [0.2, 0.25) is 0 Å². The number of halogens is 2. The van der Waals surface area contributed by atoms with E-state index >= 15 is 0 Å². The van der Waals surface area contributed by atoms with Gasteiger partial charge in [-0.05, 0) is 30.7 Å². The molecule has 1 aromatic rings. The molecule has 0 radical (unpaired) electrons. The van der Waals surface area contributed by atoms with E-state index < -0.39 is 0 Å². The summed E-state index contributed by atoms with van der Waals surface area (Å²) < 4.78 is 0. The number of benzene rings is 1. The van der Waals surface area contributed by atoms with E-state index in [1.807, 2.05) is 0 Å². The fourth-order valence-corrected chi connectivity index (χ4v) is 2.22. The van der Waals surface area contributed by atoms with Crippen LogP contribution < -0.4 is 10.2 Å². The number of anilines is 1. The van der Waals surface area contributed by atoms with Crippen LogP contribution in [0.3, 0.4) is 0 Å². The summed E-state index contributed by atoms with van der Waals surface area (Å²) in [4.78, 5) is 2.21. The predicted molar refractivity (Wildman–Crippen MR) is 82.1 cm³/mol. The lowest BCUT2D eigenvalue weighted by Gasteiger charge is -2.23. The zero-order valence-corrected chi connectivity index (χ0v) is 12.5. The Labute approximate surface area is 120 Å². The van der Waals surface area contributed by atoms with Crippen molar-refractivity contribution in [1.29, 1.82) is 0 Å². The van der Waals surface area contributed by atoms with Gasteiger partial charge >= 0.3 is 0 Å². The van der Waals surface area contributed by atoms with Crippen LogP contribution in [0.1, 0.15) is 18.9 Å². The summed E-state index contributed by atoms with van der Waals surface area (Å²) in [5.41, 5.74) is 2.50. The van der Waals surface area contributed by atoms with Crippen molar-refractivity contribution >= 4 is 28.9 Å². The standard InChI is InChI=1S/C14H22Cl2N2/c1-2-9-17-12-13-3-5-14(6-4-13)18(10-7-15)11-8-16/h3-6,17H,2,7-12H2,1H3. The first-order chi connectivity index (χ1) is 8.81. The molecule has 1 N–H and O–H groups in total. The molecule has 0 aliphatic heterocycles. The van der Waals surface area contributed by atoms with Crippen molar-refractivity contribution in [2.45, 2.75) is 19.9 Å². The molecule has 0 aliphatic carbocycles. The molecular weight excluding hydrogens is 267 g/mol. The normalized spacial score (nSPS) is 10.6. The largest absolute Gasteiger partial charge is 0.369 e. The molecular formula is C14H22Cl2N2.